The molecule has 11 heteroatoms. The molecule has 0 spiro atoms. The van der Waals surface area contributed by atoms with Gasteiger partial charge in [-0.15, -0.1) is 0 Å². The first-order valence-corrected chi connectivity index (χ1v) is 9.94. The zero-order chi connectivity index (χ0) is 23.1. The molecule has 0 saturated carbocycles. The number of carboxylic acids is 1. The summed E-state index contributed by atoms with van der Waals surface area (Å²) in [6, 6.07) is 14.6. The minimum Gasteiger partial charge on any atom is -0.480 e. The van der Waals surface area contributed by atoms with Crippen molar-refractivity contribution in [3.05, 3.63) is 64.6 Å². The fourth-order valence-corrected chi connectivity index (χ4v) is 3.67. The van der Waals surface area contributed by atoms with Crippen molar-refractivity contribution in [3.63, 3.8) is 0 Å². The van der Waals surface area contributed by atoms with Crippen molar-refractivity contribution in [2.24, 2.45) is 10.7 Å². The average molecular weight is 442 g/mol. The first-order chi connectivity index (χ1) is 15.4. The van der Waals surface area contributed by atoms with Crippen molar-refractivity contribution < 1.29 is 29.7 Å². The van der Waals surface area contributed by atoms with Gasteiger partial charge in [-0.25, -0.2) is 19.8 Å². The van der Waals surface area contributed by atoms with Crippen LogP contribution < -0.4 is 16.5 Å². The summed E-state index contributed by atoms with van der Waals surface area (Å²) in [6.45, 7) is 0.161. The van der Waals surface area contributed by atoms with Crippen LogP contribution in [0.2, 0.25) is 0 Å². The van der Waals surface area contributed by atoms with Crippen molar-refractivity contribution in [2.45, 2.75) is 24.8 Å². The van der Waals surface area contributed by atoms with Crippen LogP contribution in [0.5, 0.6) is 0 Å². The number of alkyl carbamates (subject to hydrolysis) is 1. The van der Waals surface area contributed by atoms with Crippen molar-refractivity contribution in [1.29, 1.82) is 0 Å². The minimum atomic E-state index is -1.21. The summed E-state index contributed by atoms with van der Waals surface area (Å²) in [4.78, 5) is 37.9. The molecule has 11 nitrogen and oxygen atoms in total. The third-order valence-electron chi connectivity index (χ3n) is 5.08. The molecule has 1 atom stereocenters. The van der Waals surface area contributed by atoms with Crippen molar-refractivity contribution in [3.8, 4) is 11.1 Å². The molecular weight excluding hydrogens is 418 g/mol. The number of carbonyl (C=O) groups is 2. The van der Waals surface area contributed by atoms with Crippen LogP contribution in [0.25, 0.3) is 11.1 Å². The topological polar surface area (TPSA) is 166 Å². The highest BCUT2D eigenvalue weighted by atomic mass is 16.7. The Bertz CT molecular complexity index is 995. The van der Waals surface area contributed by atoms with Gasteiger partial charge >= 0.3 is 17.1 Å². The monoisotopic (exact) mass is 442 g/mol. The summed E-state index contributed by atoms with van der Waals surface area (Å²) in [7, 11) is 0. The summed E-state index contributed by atoms with van der Waals surface area (Å²) in [5.41, 5.74) is 11.4. The number of fused-ring (bicyclic) bond motifs is 3. The van der Waals surface area contributed by atoms with E-state index in [1.165, 1.54) is 0 Å². The number of hydrogen-bond acceptors (Lipinski definition) is 5. The Kier molecular flexibility index (Phi) is 7.21. The number of hydrazine groups is 1. The fraction of sp³-hybridized carbons (Fsp3) is 0.286. The Balaban J connectivity index is 1.54. The normalized spacial score (nSPS) is 13.6. The van der Waals surface area contributed by atoms with E-state index in [0.29, 0.717) is 0 Å². The molecule has 1 aliphatic rings. The van der Waals surface area contributed by atoms with Crippen LogP contribution in [-0.2, 0) is 9.53 Å². The van der Waals surface area contributed by atoms with E-state index in [1.807, 2.05) is 48.5 Å². The first kappa shape index (κ1) is 22.5. The Morgan fingerprint density at radius 1 is 1.12 bits per heavy atom. The molecule has 1 amide bonds. The molecule has 0 heterocycles. The van der Waals surface area contributed by atoms with Gasteiger partial charge in [0.2, 0.25) is 0 Å². The zero-order valence-electron chi connectivity index (χ0n) is 17.1. The molecule has 168 valence electrons. The van der Waals surface area contributed by atoms with Gasteiger partial charge in [0.05, 0.1) is 0 Å². The van der Waals surface area contributed by atoms with Gasteiger partial charge in [0.25, 0.3) is 5.96 Å². The van der Waals surface area contributed by atoms with E-state index >= 15 is 0 Å². The SMILES string of the molecule is NC(=NCCC[C@@H](NC(=O)OCC1c2ccccc2-c2ccccc21)C(=O)O)N[N+](=O)O. The molecule has 0 radical (unpaired) electrons. The number of carboxylic acid groups (broad SMARTS) is 1. The third kappa shape index (κ3) is 5.50. The lowest BCUT2D eigenvalue weighted by Gasteiger charge is -2.17. The molecule has 0 aromatic heterocycles. The maximum atomic E-state index is 12.3. The van der Waals surface area contributed by atoms with E-state index in [-0.39, 0.29) is 37.9 Å². The lowest BCUT2D eigenvalue weighted by molar-refractivity contribution is -0.822. The zero-order valence-corrected chi connectivity index (χ0v) is 17.1. The van der Waals surface area contributed by atoms with Gasteiger partial charge < -0.3 is 20.9 Å². The molecule has 0 fully saturated rings. The highest BCUT2D eigenvalue weighted by Crippen LogP contribution is 2.44. The van der Waals surface area contributed by atoms with E-state index in [4.69, 9.17) is 15.7 Å². The number of amides is 1. The molecule has 6 N–H and O–H groups in total. The highest BCUT2D eigenvalue weighted by Gasteiger charge is 2.29. The molecular formula is C21H24N5O6+. The van der Waals surface area contributed by atoms with E-state index < -0.39 is 23.1 Å². The van der Waals surface area contributed by atoms with Crippen LogP contribution in [0, 0.1) is 4.91 Å². The second-order valence-electron chi connectivity index (χ2n) is 7.15. The number of carbonyl (C=O) groups excluding carboxylic acids is 1. The van der Waals surface area contributed by atoms with Gasteiger partial charge in [-0.3, -0.25) is 0 Å². The maximum Gasteiger partial charge on any atom is 0.407 e. The number of benzene rings is 2. The van der Waals surface area contributed by atoms with E-state index in [1.54, 1.807) is 5.43 Å². The van der Waals surface area contributed by atoms with Gasteiger partial charge in [-0.05, 0) is 40.5 Å². The number of aliphatic imine (C=N–C) groups is 1. The molecule has 0 aliphatic heterocycles. The standard InChI is InChI=1S/C21H23N5O6/c22-20(25-26(30)31)23-11-5-10-18(19(27)28)24-21(29)32-12-17-15-8-3-1-6-13(15)14-7-2-4-9-16(14)17/h1-4,6-9,17-18H,5,10-12H2,(H5-,22,23,24,25,27,28,29,30,31)/p+1/t18-/m1/s1. The summed E-state index contributed by atoms with van der Waals surface area (Å²) >= 11 is 0. The quantitative estimate of drug-likeness (QED) is 0.169. The summed E-state index contributed by atoms with van der Waals surface area (Å²) in [5.74, 6) is -1.66. The number of nitrogens with one attached hydrogen (secondary N) is 2. The minimum absolute atomic E-state index is 0.0660. The number of nitrogens with two attached hydrogens (primary N) is 1. The second-order valence-corrected chi connectivity index (χ2v) is 7.15. The first-order valence-electron chi connectivity index (χ1n) is 9.94. The highest BCUT2D eigenvalue weighted by molar-refractivity contribution is 5.81. The Labute approximate surface area is 183 Å². The van der Waals surface area contributed by atoms with Gasteiger partial charge in [0, 0.05) is 12.5 Å². The summed E-state index contributed by atoms with van der Waals surface area (Å²) in [6.07, 6.45) is -0.504. The predicted molar refractivity (Wildman–Crippen MR) is 114 cm³/mol. The number of rotatable bonds is 9. The Morgan fingerprint density at radius 2 is 1.72 bits per heavy atom. The summed E-state index contributed by atoms with van der Waals surface area (Å²) in [5, 5.41) is 19.6. The number of ether oxygens (including phenoxy) is 1. The molecule has 0 bridgehead atoms. The maximum absolute atomic E-state index is 12.3. The van der Waals surface area contributed by atoms with Crippen molar-refractivity contribution >= 4 is 18.0 Å². The van der Waals surface area contributed by atoms with Crippen LogP contribution in [0.4, 0.5) is 4.79 Å². The molecule has 2 aromatic rings. The molecule has 2 aromatic carbocycles. The smallest absolute Gasteiger partial charge is 0.407 e. The van der Waals surface area contributed by atoms with E-state index in [0.717, 1.165) is 22.3 Å². The van der Waals surface area contributed by atoms with Gasteiger partial charge in [-0.2, -0.15) is 0 Å². The lowest BCUT2D eigenvalue weighted by Crippen LogP contribution is -2.41. The van der Waals surface area contributed by atoms with Gasteiger partial charge in [0.1, 0.15) is 17.6 Å². The van der Waals surface area contributed by atoms with Crippen molar-refractivity contribution in [2.75, 3.05) is 13.2 Å². The molecule has 1 aliphatic carbocycles. The average Bonchev–Trinajstić information content (AvgIpc) is 3.07. The number of aliphatic carboxylic acids is 1. The largest absolute Gasteiger partial charge is 0.480 e. The van der Waals surface area contributed by atoms with E-state index in [2.05, 4.69) is 10.3 Å². The second kappa shape index (κ2) is 10.2. The number of nitrogens with zero attached hydrogens (tertiary/aromatic N) is 2. The van der Waals surface area contributed by atoms with Crippen LogP contribution in [0.3, 0.4) is 0 Å². The fourth-order valence-electron chi connectivity index (χ4n) is 3.67. The third-order valence-corrected chi connectivity index (χ3v) is 5.08. The van der Waals surface area contributed by atoms with Crippen LogP contribution >= 0.6 is 0 Å². The Hall–Kier alpha value is -4.15. The summed E-state index contributed by atoms with van der Waals surface area (Å²) < 4.78 is 5.37. The molecule has 0 unspecified atom stereocenters. The number of hydrogen-bond donors (Lipinski definition) is 5. The lowest BCUT2D eigenvalue weighted by atomic mass is 9.98. The van der Waals surface area contributed by atoms with Gasteiger partial charge in [0.15, 0.2) is 0 Å². The van der Waals surface area contributed by atoms with Crippen LogP contribution in [0.15, 0.2) is 53.5 Å². The molecule has 0 saturated heterocycles. The van der Waals surface area contributed by atoms with Crippen LogP contribution in [0.1, 0.15) is 29.9 Å². The number of guanidine groups is 1. The van der Waals surface area contributed by atoms with Crippen LogP contribution in [-0.4, -0.2) is 52.6 Å². The Morgan fingerprint density at radius 3 is 2.28 bits per heavy atom. The van der Waals surface area contributed by atoms with Crippen molar-refractivity contribution in [1.82, 2.24) is 10.7 Å². The van der Waals surface area contributed by atoms with E-state index in [9.17, 15) is 19.6 Å². The molecule has 3 rings (SSSR count). The molecule has 32 heavy (non-hydrogen) atoms. The predicted octanol–water partition coefficient (Wildman–Crippen LogP) is 1.75. The van der Waals surface area contributed by atoms with Gasteiger partial charge in [-0.1, -0.05) is 48.5 Å².